The maximum absolute atomic E-state index is 14.4. The number of nitrogens with zero attached hydrogens (tertiary/aromatic N) is 2. The molecule has 0 saturated carbocycles. The van der Waals surface area contributed by atoms with E-state index in [1.54, 1.807) is 36.4 Å². The zero-order valence-electron chi connectivity index (χ0n) is 18.6. The van der Waals surface area contributed by atoms with Crippen LogP contribution in [0.4, 0.5) is 4.39 Å². The first-order valence-corrected chi connectivity index (χ1v) is 10.7. The lowest BCUT2D eigenvalue weighted by molar-refractivity contribution is 0.0691. The number of pyridine rings is 1. The summed E-state index contributed by atoms with van der Waals surface area (Å²) in [6.45, 7) is 4.09. The van der Waals surface area contributed by atoms with E-state index in [1.807, 2.05) is 26.0 Å². The minimum atomic E-state index is -1.41. The second-order valence-corrected chi connectivity index (χ2v) is 8.07. The van der Waals surface area contributed by atoms with Crippen LogP contribution in [0.25, 0.3) is 11.3 Å². The third kappa shape index (κ3) is 5.01. The van der Waals surface area contributed by atoms with Crippen LogP contribution in [0.1, 0.15) is 46.9 Å². The molecule has 8 heteroatoms. The lowest BCUT2D eigenvalue weighted by atomic mass is 10.0. The van der Waals surface area contributed by atoms with E-state index in [0.29, 0.717) is 22.6 Å². The van der Waals surface area contributed by atoms with Crippen LogP contribution in [0.15, 0.2) is 71.7 Å². The Hall–Kier alpha value is -4.33. The van der Waals surface area contributed by atoms with Crippen molar-refractivity contribution in [1.29, 1.82) is 0 Å². The van der Waals surface area contributed by atoms with Crippen molar-refractivity contribution in [3.8, 4) is 22.8 Å². The molecule has 0 spiro atoms. The van der Waals surface area contributed by atoms with Crippen molar-refractivity contribution in [2.45, 2.75) is 26.2 Å². The Morgan fingerprint density at radius 2 is 1.82 bits per heavy atom. The van der Waals surface area contributed by atoms with E-state index in [9.17, 15) is 19.1 Å². The van der Waals surface area contributed by atoms with Gasteiger partial charge in [-0.05, 0) is 60.5 Å². The number of hydrogen-bond acceptors (Lipinski definition) is 5. The number of carboxylic acid groups (broad SMARTS) is 1. The Bertz CT molecular complexity index is 1380. The van der Waals surface area contributed by atoms with Crippen LogP contribution in [0.2, 0.25) is 0 Å². The molecule has 2 aromatic carbocycles. The van der Waals surface area contributed by atoms with Gasteiger partial charge in [-0.15, -0.1) is 0 Å². The van der Waals surface area contributed by atoms with E-state index >= 15 is 0 Å². The number of aromatic nitrogens is 3. The standard InChI is InChI=1S/C26H22FN3O4/c1-15(2)22-9-10-23(30-29-22)16-5-7-19(8-6-16)34-24-14-20(26(32)33)21(27)13-18(24)12-17-4-3-11-28-25(17)31/h3-11,13-15H,12H2,1-2H3,(H,28,31)(H,32,33). The SMILES string of the molecule is CC(C)c1ccc(-c2ccc(Oc3cc(C(=O)O)c(F)cc3Cc3ccc[nH]c3=O)cc2)nn1. The highest BCUT2D eigenvalue weighted by Crippen LogP contribution is 2.31. The first-order valence-electron chi connectivity index (χ1n) is 10.7. The number of halogens is 1. The minimum Gasteiger partial charge on any atom is -0.478 e. The second kappa shape index (κ2) is 9.66. The third-order valence-corrected chi connectivity index (χ3v) is 5.32. The molecule has 0 radical (unpaired) electrons. The molecule has 4 rings (SSSR count). The Labute approximate surface area is 194 Å². The van der Waals surface area contributed by atoms with Crippen molar-refractivity contribution in [3.05, 3.63) is 105 Å². The lowest BCUT2D eigenvalue weighted by Gasteiger charge is -2.13. The van der Waals surface area contributed by atoms with Crippen molar-refractivity contribution in [2.75, 3.05) is 0 Å². The number of aromatic amines is 1. The van der Waals surface area contributed by atoms with Crippen LogP contribution in [-0.2, 0) is 6.42 Å². The van der Waals surface area contributed by atoms with Crippen LogP contribution < -0.4 is 10.3 Å². The Kier molecular flexibility index (Phi) is 6.49. The minimum absolute atomic E-state index is 0.0677. The number of rotatable bonds is 7. The quantitative estimate of drug-likeness (QED) is 0.395. The number of carbonyl (C=O) groups is 1. The fraction of sp³-hybridized carbons (Fsp3) is 0.154. The molecule has 0 atom stereocenters. The zero-order chi connectivity index (χ0) is 24.2. The van der Waals surface area contributed by atoms with Crippen LogP contribution in [0.5, 0.6) is 11.5 Å². The van der Waals surface area contributed by atoms with Crippen LogP contribution in [0, 0.1) is 5.82 Å². The summed E-state index contributed by atoms with van der Waals surface area (Å²) in [5, 5.41) is 17.8. The van der Waals surface area contributed by atoms with Gasteiger partial charge in [-0.1, -0.05) is 19.9 Å². The molecule has 0 fully saturated rings. The summed E-state index contributed by atoms with van der Waals surface area (Å²) in [6, 6.07) is 16.3. The van der Waals surface area contributed by atoms with Crippen LogP contribution in [0.3, 0.4) is 0 Å². The number of benzene rings is 2. The van der Waals surface area contributed by atoms with Gasteiger partial charge >= 0.3 is 5.97 Å². The highest BCUT2D eigenvalue weighted by atomic mass is 19.1. The number of aromatic carboxylic acids is 1. The smallest absolute Gasteiger partial charge is 0.338 e. The van der Waals surface area contributed by atoms with Gasteiger partial charge in [0.05, 0.1) is 17.0 Å². The van der Waals surface area contributed by atoms with Gasteiger partial charge in [0.1, 0.15) is 17.3 Å². The van der Waals surface area contributed by atoms with Crippen molar-refractivity contribution in [1.82, 2.24) is 15.2 Å². The summed E-state index contributed by atoms with van der Waals surface area (Å²) < 4.78 is 20.3. The number of nitrogens with one attached hydrogen (secondary N) is 1. The molecule has 0 bridgehead atoms. The Morgan fingerprint density at radius 1 is 1.06 bits per heavy atom. The topological polar surface area (TPSA) is 105 Å². The molecule has 7 nitrogen and oxygen atoms in total. The number of hydrogen-bond donors (Lipinski definition) is 2. The lowest BCUT2D eigenvalue weighted by Crippen LogP contribution is -2.12. The summed E-state index contributed by atoms with van der Waals surface area (Å²) in [5.41, 5.74) is 2.35. The van der Waals surface area contributed by atoms with E-state index < -0.39 is 17.3 Å². The predicted octanol–water partition coefficient (Wildman–Crippen LogP) is 5.18. The number of H-pyrrole nitrogens is 1. The normalized spacial score (nSPS) is 10.9. The van der Waals surface area contributed by atoms with E-state index in [2.05, 4.69) is 15.2 Å². The molecule has 0 amide bonds. The summed E-state index contributed by atoms with van der Waals surface area (Å²) in [4.78, 5) is 26.1. The van der Waals surface area contributed by atoms with Gasteiger partial charge in [0, 0.05) is 29.3 Å². The van der Waals surface area contributed by atoms with Gasteiger partial charge in [0.15, 0.2) is 0 Å². The zero-order valence-corrected chi connectivity index (χ0v) is 18.6. The maximum Gasteiger partial charge on any atom is 0.338 e. The molecule has 2 N–H and O–H groups in total. The Balaban J connectivity index is 1.64. The van der Waals surface area contributed by atoms with Crippen LogP contribution in [-0.4, -0.2) is 26.3 Å². The molecule has 0 aliphatic carbocycles. The highest BCUT2D eigenvalue weighted by molar-refractivity contribution is 5.88. The van der Waals surface area contributed by atoms with E-state index in [4.69, 9.17) is 4.74 Å². The van der Waals surface area contributed by atoms with Crippen molar-refractivity contribution < 1.29 is 19.0 Å². The van der Waals surface area contributed by atoms with E-state index in [-0.39, 0.29) is 23.6 Å². The molecule has 0 aliphatic rings. The second-order valence-electron chi connectivity index (χ2n) is 8.07. The predicted molar refractivity (Wildman–Crippen MR) is 125 cm³/mol. The van der Waals surface area contributed by atoms with Crippen molar-refractivity contribution >= 4 is 5.97 Å². The van der Waals surface area contributed by atoms with Gasteiger partial charge in [-0.2, -0.15) is 10.2 Å². The van der Waals surface area contributed by atoms with E-state index in [0.717, 1.165) is 23.4 Å². The summed E-state index contributed by atoms with van der Waals surface area (Å²) in [5.74, 6) is -1.46. The van der Waals surface area contributed by atoms with Gasteiger partial charge in [-0.3, -0.25) is 4.79 Å². The monoisotopic (exact) mass is 459 g/mol. The number of ether oxygens (including phenoxy) is 1. The van der Waals surface area contributed by atoms with Crippen LogP contribution >= 0.6 is 0 Å². The molecule has 0 saturated heterocycles. The molecule has 34 heavy (non-hydrogen) atoms. The van der Waals surface area contributed by atoms with Gasteiger partial charge in [0.2, 0.25) is 0 Å². The molecular weight excluding hydrogens is 437 g/mol. The molecule has 0 unspecified atom stereocenters. The van der Waals surface area contributed by atoms with Gasteiger partial charge < -0.3 is 14.8 Å². The first kappa shape index (κ1) is 22.8. The highest BCUT2D eigenvalue weighted by Gasteiger charge is 2.18. The van der Waals surface area contributed by atoms with Crippen molar-refractivity contribution in [2.24, 2.45) is 0 Å². The molecule has 2 aromatic heterocycles. The Morgan fingerprint density at radius 3 is 2.44 bits per heavy atom. The molecule has 2 heterocycles. The third-order valence-electron chi connectivity index (χ3n) is 5.32. The van der Waals surface area contributed by atoms with Gasteiger partial charge in [0.25, 0.3) is 5.56 Å². The number of carboxylic acids is 1. The summed E-state index contributed by atoms with van der Waals surface area (Å²) >= 11 is 0. The molecule has 0 aliphatic heterocycles. The fourth-order valence-corrected chi connectivity index (χ4v) is 3.42. The largest absolute Gasteiger partial charge is 0.478 e. The summed E-state index contributed by atoms with van der Waals surface area (Å²) in [6.07, 6.45) is 1.57. The fourth-order valence-electron chi connectivity index (χ4n) is 3.42. The average molecular weight is 459 g/mol. The molecule has 172 valence electrons. The average Bonchev–Trinajstić information content (AvgIpc) is 2.82. The first-order chi connectivity index (χ1) is 16.3. The summed E-state index contributed by atoms with van der Waals surface area (Å²) in [7, 11) is 0. The molecular formula is C26H22FN3O4. The van der Waals surface area contributed by atoms with Crippen molar-refractivity contribution in [3.63, 3.8) is 0 Å². The van der Waals surface area contributed by atoms with Gasteiger partial charge in [-0.25, -0.2) is 9.18 Å². The maximum atomic E-state index is 14.4. The molecule has 4 aromatic rings. The van der Waals surface area contributed by atoms with E-state index in [1.165, 1.54) is 6.20 Å².